The Morgan fingerprint density at radius 3 is 2.35 bits per heavy atom. The zero-order valence-electron chi connectivity index (χ0n) is 17.6. The maximum Gasteiger partial charge on any atom is 0.303 e. The summed E-state index contributed by atoms with van der Waals surface area (Å²) in [5, 5.41) is 0.393. The van der Waals surface area contributed by atoms with Gasteiger partial charge in [-0.1, -0.05) is 37.5 Å². The highest BCUT2D eigenvalue weighted by atomic mass is 32.2. The predicted octanol–water partition coefficient (Wildman–Crippen LogP) is 2.83. The number of nitrogens with one attached hydrogen (secondary N) is 1. The molecule has 1 aromatic heterocycles. The normalized spacial score (nSPS) is 15.5. The van der Waals surface area contributed by atoms with E-state index in [-0.39, 0.29) is 17.2 Å². The second-order valence-corrected chi connectivity index (χ2v) is 9.92. The highest BCUT2D eigenvalue weighted by Gasteiger charge is 2.25. The number of fused-ring (bicyclic) bond motifs is 1. The van der Waals surface area contributed by atoms with Crippen molar-refractivity contribution >= 4 is 27.0 Å². The Balaban J connectivity index is 1.86. The minimum Gasteiger partial charge on any atom is -0.274 e. The number of nitrogens with zero attached hydrogens (tertiary/aromatic N) is 3. The second-order valence-electron chi connectivity index (χ2n) is 8.04. The molecule has 1 heterocycles. The van der Waals surface area contributed by atoms with Crippen LogP contribution in [0, 0.1) is 0 Å². The van der Waals surface area contributed by atoms with E-state index < -0.39 is 16.1 Å². The molecule has 0 spiro atoms. The molecule has 1 saturated carbocycles. The summed E-state index contributed by atoms with van der Waals surface area (Å²) in [5.41, 5.74) is 1.40. The lowest BCUT2D eigenvalue weighted by Gasteiger charge is -2.26. The average molecular weight is 443 g/mol. The van der Waals surface area contributed by atoms with Gasteiger partial charge in [0, 0.05) is 19.7 Å². The van der Waals surface area contributed by atoms with Crippen molar-refractivity contribution in [2.45, 2.75) is 38.1 Å². The molecule has 31 heavy (non-hydrogen) atoms. The Morgan fingerprint density at radius 1 is 1.03 bits per heavy atom. The predicted molar refractivity (Wildman–Crippen MR) is 120 cm³/mol. The molecule has 0 atom stereocenters. The molecule has 2 aromatic carbocycles. The van der Waals surface area contributed by atoms with Gasteiger partial charge in [-0.3, -0.25) is 14.3 Å². The molecule has 3 aromatic rings. The van der Waals surface area contributed by atoms with Gasteiger partial charge >= 0.3 is 10.2 Å². The molecule has 1 aliphatic rings. The van der Waals surface area contributed by atoms with Gasteiger partial charge in [0.05, 0.1) is 22.6 Å². The summed E-state index contributed by atoms with van der Waals surface area (Å²) in [6, 6.07) is 14.4. The number of carbonyl (C=O) groups excluding carboxylic acids is 1. The number of carbonyl (C=O) groups is 1. The molecular formula is C22H26N4O4S. The van der Waals surface area contributed by atoms with Crippen molar-refractivity contribution in [2.75, 3.05) is 14.1 Å². The smallest absolute Gasteiger partial charge is 0.274 e. The monoisotopic (exact) mass is 442 g/mol. The topological polar surface area (TPSA) is 93.4 Å². The van der Waals surface area contributed by atoms with Crippen LogP contribution in [-0.2, 0) is 10.2 Å². The molecule has 0 saturated heterocycles. The fourth-order valence-electron chi connectivity index (χ4n) is 4.13. The Kier molecular flexibility index (Phi) is 5.72. The van der Waals surface area contributed by atoms with Gasteiger partial charge < -0.3 is 0 Å². The number of aromatic nitrogens is 2. The van der Waals surface area contributed by atoms with E-state index >= 15 is 0 Å². The van der Waals surface area contributed by atoms with Crippen molar-refractivity contribution in [3.63, 3.8) is 0 Å². The van der Waals surface area contributed by atoms with Gasteiger partial charge in [0.2, 0.25) is 0 Å². The van der Waals surface area contributed by atoms with E-state index in [0.717, 1.165) is 41.2 Å². The summed E-state index contributed by atoms with van der Waals surface area (Å²) >= 11 is 0. The summed E-state index contributed by atoms with van der Waals surface area (Å²) in [5.74, 6) is -0.772. The zero-order valence-corrected chi connectivity index (χ0v) is 18.4. The van der Waals surface area contributed by atoms with Crippen LogP contribution >= 0.6 is 0 Å². The van der Waals surface area contributed by atoms with E-state index in [1.165, 1.54) is 26.6 Å². The Labute approximate surface area is 181 Å². The van der Waals surface area contributed by atoms with Crippen LogP contribution in [0.4, 0.5) is 0 Å². The van der Waals surface area contributed by atoms with Crippen LogP contribution in [0.3, 0.4) is 0 Å². The van der Waals surface area contributed by atoms with E-state index in [0.29, 0.717) is 5.39 Å². The quantitative estimate of drug-likeness (QED) is 0.658. The summed E-state index contributed by atoms with van der Waals surface area (Å²) < 4.78 is 30.7. The van der Waals surface area contributed by atoms with Crippen LogP contribution in [0.1, 0.15) is 48.5 Å². The number of amides is 1. The second kappa shape index (κ2) is 8.32. The van der Waals surface area contributed by atoms with Crippen molar-refractivity contribution in [1.82, 2.24) is 18.4 Å². The zero-order chi connectivity index (χ0) is 22.2. The van der Waals surface area contributed by atoms with Gasteiger partial charge in [0.1, 0.15) is 0 Å². The lowest BCUT2D eigenvalue weighted by Crippen LogP contribution is -2.39. The van der Waals surface area contributed by atoms with E-state index in [1.807, 2.05) is 39.7 Å². The van der Waals surface area contributed by atoms with Gasteiger partial charge in [-0.15, -0.1) is 0 Å². The van der Waals surface area contributed by atoms with Crippen LogP contribution in [0.5, 0.6) is 0 Å². The Hall–Kier alpha value is -2.91. The molecule has 1 fully saturated rings. The molecule has 0 radical (unpaired) electrons. The van der Waals surface area contributed by atoms with E-state index in [1.54, 1.807) is 16.8 Å². The first-order valence-electron chi connectivity index (χ1n) is 10.4. The van der Waals surface area contributed by atoms with Gasteiger partial charge in [-0.25, -0.2) is 9.40 Å². The molecule has 9 heteroatoms. The summed E-state index contributed by atoms with van der Waals surface area (Å²) in [4.78, 5) is 26.0. The van der Waals surface area contributed by atoms with Crippen molar-refractivity contribution < 1.29 is 13.2 Å². The minimum atomic E-state index is -3.93. The third-order valence-electron chi connectivity index (χ3n) is 5.77. The van der Waals surface area contributed by atoms with Crippen molar-refractivity contribution in [2.24, 2.45) is 0 Å². The molecule has 164 valence electrons. The number of rotatable bonds is 5. The van der Waals surface area contributed by atoms with Gasteiger partial charge in [0.15, 0.2) is 0 Å². The molecule has 1 amide bonds. The third kappa shape index (κ3) is 4.03. The third-order valence-corrected chi connectivity index (χ3v) is 7.17. The molecule has 0 bridgehead atoms. The average Bonchev–Trinajstić information content (AvgIpc) is 3.06. The Bertz CT molecular complexity index is 1270. The fraction of sp³-hybridized carbons (Fsp3) is 0.364. The SMILES string of the molecule is CN(C)S(=O)(=O)NC(=O)c1ccc2c(c1)c(=O)n(-c1ccccc1)n2C1CCCCC1. The van der Waals surface area contributed by atoms with Crippen molar-refractivity contribution in [3.8, 4) is 5.69 Å². The van der Waals surface area contributed by atoms with Crippen LogP contribution in [0.2, 0.25) is 0 Å². The summed E-state index contributed by atoms with van der Waals surface area (Å²) in [6.45, 7) is 0. The highest BCUT2D eigenvalue weighted by Crippen LogP contribution is 2.31. The number of benzene rings is 2. The molecule has 4 rings (SSSR count). The molecule has 1 aliphatic carbocycles. The van der Waals surface area contributed by atoms with Gasteiger partial charge in [-0.2, -0.15) is 12.7 Å². The van der Waals surface area contributed by atoms with E-state index in [9.17, 15) is 18.0 Å². The van der Waals surface area contributed by atoms with Crippen molar-refractivity contribution in [1.29, 1.82) is 0 Å². The van der Waals surface area contributed by atoms with Crippen LogP contribution < -0.4 is 10.3 Å². The van der Waals surface area contributed by atoms with Crippen LogP contribution in [0.25, 0.3) is 16.6 Å². The highest BCUT2D eigenvalue weighted by molar-refractivity contribution is 7.87. The van der Waals surface area contributed by atoms with Gasteiger partial charge in [-0.05, 0) is 43.2 Å². The van der Waals surface area contributed by atoms with Gasteiger partial charge in [0.25, 0.3) is 11.5 Å². The maximum absolute atomic E-state index is 13.4. The van der Waals surface area contributed by atoms with Crippen LogP contribution in [-0.4, -0.2) is 42.1 Å². The fourth-order valence-corrected chi connectivity index (χ4v) is 4.67. The van der Waals surface area contributed by atoms with Crippen molar-refractivity contribution in [3.05, 3.63) is 64.4 Å². The molecule has 1 N–H and O–H groups in total. The Morgan fingerprint density at radius 2 is 1.71 bits per heavy atom. The summed E-state index contributed by atoms with van der Waals surface area (Å²) in [7, 11) is -1.26. The molecule has 8 nitrogen and oxygen atoms in total. The first kappa shape index (κ1) is 21.3. The van der Waals surface area contributed by atoms with E-state index in [2.05, 4.69) is 0 Å². The number of hydrogen-bond acceptors (Lipinski definition) is 4. The van der Waals surface area contributed by atoms with Crippen LogP contribution in [0.15, 0.2) is 53.3 Å². The van der Waals surface area contributed by atoms with E-state index in [4.69, 9.17) is 0 Å². The first-order valence-corrected chi connectivity index (χ1v) is 11.8. The standard InChI is InChI=1S/C22H26N4O4S/c1-24(2)31(29,30)23-21(27)16-13-14-20-19(15-16)22(28)26(18-11-7-4-8-12-18)25(20)17-9-5-3-6-10-17/h4,7-8,11-15,17H,3,5-6,9-10H2,1-2H3,(H,23,27). The summed E-state index contributed by atoms with van der Waals surface area (Å²) in [6.07, 6.45) is 5.38. The lowest BCUT2D eigenvalue weighted by molar-refractivity contribution is 0.0980. The molecular weight excluding hydrogens is 416 g/mol. The lowest BCUT2D eigenvalue weighted by atomic mass is 9.95. The molecule has 0 aliphatic heterocycles. The largest absolute Gasteiger partial charge is 0.303 e. The maximum atomic E-state index is 13.4. The minimum absolute atomic E-state index is 0.121. The number of para-hydroxylation sites is 1. The molecule has 0 unspecified atom stereocenters. The first-order chi connectivity index (χ1) is 14.8. The number of hydrogen-bond donors (Lipinski definition) is 1.